The molecule has 0 bridgehead atoms. The fourth-order valence-corrected chi connectivity index (χ4v) is 3.83. The summed E-state index contributed by atoms with van der Waals surface area (Å²) in [5.41, 5.74) is 2.01. The first-order valence-corrected chi connectivity index (χ1v) is 10.0. The van der Waals surface area contributed by atoms with Crippen molar-refractivity contribution in [1.82, 2.24) is 5.32 Å². The molecule has 0 spiro atoms. The predicted octanol–water partition coefficient (Wildman–Crippen LogP) is 5.34. The number of anilines is 1. The number of furan rings is 1. The molecule has 150 valence electrons. The second-order valence-electron chi connectivity index (χ2n) is 6.62. The number of carbonyl (C=O) groups is 3. The lowest BCUT2D eigenvalue weighted by atomic mass is 10.1. The molecule has 0 aliphatic carbocycles. The van der Waals surface area contributed by atoms with Crippen molar-refractivity contribution in [3.8, 4) is 11.3 Å². The SMILES string of the molecule is Cc1ccc(-c2ccc(/C=C3\C(=O)NC(=O)N(c4ccc(Cl)cc4)C3=O)o2)c(Br)c1. The topological polar surface area (TPSA) is 79.6 Å². The Labute approximate surface area is 185 Å². The number of aryl methyl sites for hydroxylation is 1. The average Bonchev–Trinajstić information content (AvgIpc) is 3.15. The largest absolute Gasteiger partial charge is 0.457 e. The number of nitrogens with zero attached hydrogens (tertiary/aromatic N) is 1. The molecule has 1 aromatic heterocycles. The van der Waals surface area contributed by atoms with Crippen LogP contribution < -0.4 is 10.2 Å². The molecule has 1 aliphatic rings. The summed E-state index contributed by atoms with van der Waals surface area (Å²) in [6.07, 6.45) is 1.32. The summed E-state index contributed by atoms with van der Waals surface area (Å²) in [4.78, 5) is 38.3. The van der Waals surface area contributed by atoms with Gasteiger partial charge in [0.25, 0.3) is 11.8 Å². The lowest BCUT2D eigenvalue weighted by Gasteiger charge is -2.26. The van der Waals surface area contributed by atoms with Crippen LogP contribution in [0, 0.1) is 6.92 Å². The van der Waals surface area contributed by atoms with Crippen LogP contribution in [0.3, 0.4) is 0 Å². The van der Waals surface area contributed by atoms with E-state index < -0.39 is 17.8 Å². The van der Waals surface area contributed by atoms with E-state index in [1.54, 1.807) is 24.3 Å². The molecule has 0 radical (unpaired) electrons. The van der Waals surface area contributed by atoms with Crippen LogP contribution in [0.1, 0.15) is 11.3 Å². The van der Waals surface area contributed by atoms with Crippen molar-refractivity contribution in [2.75, 3.05) is 4.90 Å². The van der Waals surface area contributed by atoms with Gasteiger partial charge in [0.05, 0.1) is 5.69 Å². The van der Waals surface area contributed by atoms with Gasteiger partial charge in [-0.15, -0.1) is 0 Å². The highest BCUT2D eigenvalue weighted by atomic mass is 79.9. The molecule has 1 saturated heterocycles. The number of carbonyl (C=O) groups excluding carboxylic acids is 3. The van der Waals surface area contributed by atoms with E-state index in [4.69, 9.17) is 16.0 Å². The molecule has 4 amide bonds. The third kappa shape index (κ3) is 3.81. The van der Waals surface area contributed by atoms with Crippen LogP contribution in [-0.4, -0.2) is 17.8 Å². The lowest BCUT2D eigenvalue weighted by molar-refractivity contribution is -0.122. The standard InChI is InChI=1S/C22H14BrClN2O4/c1-12-2-8-16(18(23)10-12)19-9-7-15(30-19)11-17-20(27)25-22(29)26(21(17)28)14-5-3-13(24)4-6-14/h2-11H,1H3,(H,25,27,29)/b17-11+. The highest BCUT2D eigenvalue weighted by molar-refractivity contribution is 9.10. The van der Waals surface area contributed by atoms with E-state index in [0.717, 1.165) is 20.5 Å². The molecule has 2 heterocycles. The predicted molar refractivity (Wildman–Crippen MR) is 117 cm³/mol. The van der Waals surface area contributed by atoms with Gasteiger partial charge in [-0.2, -0.15) is 0 Å². The first kappa shape index (κ1) is 20.1. The molecule has 8 heteroatoms. The van der Waals surface area contributed by atoms with E-state index in [0.29, 0.717) is 22.2 Å². The monoisotopic (exact) mass is 484 g/mol. The van der Waals surface area contributed by atoms with Gasteiger partial charge in [0.15, 0.2) is 0 Å². The van der Waals surface area contributed by atoms with Crippen molar-refractivity contribution in [3.05, 3.63) is 81.0 Å². The van der Waals surface area contributed by atoms with Gasteiger partial charge in [-0.3, -0.25) is 14.9 Å². The van der Waals surface area contributed by atoms with E-state index in [1.807, 2.05) is 25.1 Å². The number of hydrogen-bond acceptors (Lipinski definition) is 4. The zero-order valence-corrected chi connectivity index (χ0v) is 18.0. The van der Waals surface area contributed by atoms with E-state index in [1.165, 1.54) is 18.2 Å². The third-order valence-electron chi connectivity index (χ3n) is 4.49. The minimum atomic E-state index is -0.826. The normalized spacial score (nSPS) is 15.6. The Morgan fingerprint density at radius 3 is 2.47 bits per heavy atom. The molecule has 3 aromatic rings. The number of nitrogens with one attached hydrogen (secondary N) is 1. The Morgan fingerprint density at radius 2 is 1.77 bits per heavy atom. The Balaban J connectivity index is 1.68. The number of benzene rings is 2. The van der Waals surface area contributed by atoms with Gasteiger partial charge in [0, 0.05) is 15.1 Å². The second kappa shape index (κ2) is 7.93. The molecule has 6 nitrogen and oxygen atoms in total. The molecule has 0 saturated carbocycles. The number of amides is 4. The zero-order valence-electron chi connectivity index (χ0n) is 15.6. The summed E-state index contributed by atoms with van der Waals surface area (Å²) in [5.74, 6) is -0.658. The maximum absolute atomic E-state index is 12.9. The van der Waals surface area contributed by atoms with Crippen LogP contribution in [0.15, 0.2) is 69.1 Å². The van der Waals surface area contributed by atoms with E-state index in [2.05, 4.69) is 21.2 Å². The van der Waals surface area contributed by atoms with Crippen LogP contribution in [0.25, 0.3) is 17.4 Å². The molecule has 1 fully saturated rings. The summed E-state index contributed by atoms with van der Waals surface area (Å²) in [7, 11) is 0. The third-order valence-corrected chi connectivity index (χ3v) is 5.40. The van der Waals surface area contributed by atoms with Crippen LogP contribution >= 0.6 is 27.5 Å². The maximum atomic E-state index is 12.9. The number of imide groups is 2. The van der Waals surface area contributed by atoms with Gasteiger partial charge in [-0.25, -0.2) is 9.69 Å². The van der Waals surface area contributed by atoms with Gasteiger partial charge in [0.2, 0.25) is 0 Å². The van der Waals surface area contributed by atoms with Crippen molar-refractivity contribution in [2.45, 2.75) is 6.92 Å². The number of halogens is 2. The molecule has 30 heavy (non-hydrogen) atoms. The fraction of sp³-hybridized carbons (Fsp3) is 0.0455. The number of urea groups is 1. The minimum absolute atomic E-state index is 0.214. The van der Waals surface area contributed by atoms with Crippen molar-refractivity contribution >= 4 is 57.1 Å². The molecule has 4 rings (SSSR count). The van der Waals surface area contributed by atoms with Crippen LogP contribution in [-0.2, 0) is 9.59 Å². The van der Waals surface area contributed by atoms with Gasteiger partial charge in [0.1, 0.15) is 17.1 Å². The first-order chi connectivity index (χ1) is 14.3. The highest BCUT2D eigenvalue weighted by Crippen LogP contribution is 2.31. The average molecular weight is 486 g/mol. The number of rotatable bonds is 3. The van der Waals surface area contributed by atoms with Crippen LogP contribution in [0.4, 0.5) is 10.5 Å². The molecule has 0 unspecified atom stereocenters. The Kier molecular flexibility index (Phi) is 5.32. The summed E-state index contributed by atoms with van der Waals surface area (Å²) < 4.78 is 6.68. The van der Waals surface area contributed by atoms with Crippen molar-refractivity contribution in [2.24, 2.45) is 0 Å². The lowest BCUT2D eigenvalue weighted by Crippen LogP contribution is -2.54. The van der Waals surface area contributed by atoms with Crippen molar-refractivity contribution in [1.29, 1.82) is 0 Å². The van der Waals surface area contributed by atoms with Gasteiger partial charge in [-0.05, 0) is 67.1 Å². The van der Waals surface area contributed by atoms with E-state index >= 15 is 0 Å². The van der Waals surface area contributed by atoms with Gasteiger partial charge in [-0.1, -0.05) is 33.6 Å². The molecule has 0 atom stereocenters. The maximum Gasteiger partial charge on any atom is 0.335 e. The number of hydrogen-bond donors (Lipinski definition) is 1. The van der Waals surface area contributed by atoms with E-state index in [9.17, 15) is 14.4 Å². The van der Waals surface area contributed by atoms with Crippen LogP contribution in [0.2, 0.25) is 5.02 Å². The summed E-state index contributed by atoms with van der Waals surface area (Å²) in [6, 6.07) is 14.5. The minimum Gasteiger partial charge on any atom is -0.457 e. The first-order valence-electron chi connectivity index (χ1n) is 8.87. The quantitative estimate of drug-likeness (QED) is 0.401. The number of barbiturate groups is 1. The summed E-state index contributed by atoms with van der Waals surface area (Å²) >= 11 is 9.38. The van der Waals surface area contributed by atoms with Crippen molar-refractivity contribution in [3.63, 3.8) is 0 Å². The van der Waals surface area contributed by atoms with E-state index in [-0.39, 0.29) is 5.57 Å². The fourth-order valence-electron chi connectivity index (χ4n) is 3.02. The Hall–Kier alpha value is -3.16. The van der Waals surface area contributed by atoms with Gasteiger partial charge >= 0.3 is 6.03 Å². The zero-order chi connectivity index (χ0) is 21.4. The highest BCUT2D eigenvalue weighted by Gasteiger charge is 2.37. The summed E-state index contributed by atoms with van der Waals surface area (Å²) in [6.45, 7) is 1.98. The Bertz CT molecular complexity index is 1210. The molecule has 2 aromatic carbocycles. The molecule has 1 N–H and O–H groups in total. The Morgan fingerprint density at radius 1 is 1.03 bits per heavy atom. The van der Waals surface area contributed by atoms with Crippen LogP contribution in [0.5, 0.6) is 0 Å². The molecular weight excluding hydrogens is 472 g/mol. The van der Waals surface area contributed by atoms with Crippen molar-refractivity contribution < 1.29 is 18.8 Å². The summed E-state index contributed by atoms with van der Waals surface area (Å²) in [5, 5.41) is 2.63. The second-order valence-corrected chi connectivity index (χ2v) is 7.91. The smallest absolute Gasteiger partial charge is 0.335 e. The van der Waals surface area contributed by atoms with Gasteiger partial charge < -0.3 is 4.42 Å². The molecule has 1 aliphatic heterocycles. The molecular formula is C22H14BrClN2O4.